The third-order valence-corrected chi connectivity index (χ3v) is 5.11. The first kappa shape index (κ1) is 19.8. The Balaban J connectivity index is 2.12. The molecular weight excluding hydrogens is 354 g/mol. The number of nitrogens with one attached hydrogen (secondary N) is 2. The number of ether oxygens (including phenoxy) is 2. The van der Waals surface area contributed by atoms with Crippen molar-refractivity contribution in [2.75, 3.05) is 30.8 Å². The van der Waals surface area contributed by atoms with Gasteiger partial charge < -0.3 is 14.8 Å². The highest BCUT2D eigenvalue weighted by atomic mass is 32.2. The zero-order chi connectivity index (χ0) is 19.2. The average molecular weight is 379 g/mol. The fourth-order valence-corrected chi connectivity index (χ4v) is 3.41. The minimum atomic E-state index is -3.84. The maximum atomic E-state index is 12.6. The summed E-state index contributed by atoms with van der Waals surface area (Å²) in [5.74, 6) is 1.55. The van der Waals surface area contributed by atoms with Gasteiger partial charge in [-0.3, -0.25) is 4.72 Å². The van der Waals surface area contributed by atoms with Crippen LogP contribution < -0.4 is 19.5 Å². The first-order valence-corrected chi connectivity index (χ1v) is 9.79. The molecule has 7 nitrogen and oxygen atoms in total. The number of pyridine rings is 1. The van der Waals surface area contributed by atoms with Gasteiger partial charge in [0.15, 0.2) is 0 Å². The number of anilines is 2. The normalized spacial score (nSPS) is 11.3. The summed E-state index contributed by atoms with van der Waals surface area (Å²) in [6.45, 7) is 5.16. The summed E-state index contributed by atoms with van der Waals surface area (Å²) in [6, 6.07) is 7.92. The van der Waals surface area contributed by atoms with Gasteiger partial charge in [-0.2, -0.15) is 0 Å². The van der Waals surface area contributed by atoms with E-state index in [0.717, 1.165) is 18.7 Å². The molecule has 0 unspecified atom stereocenters. The fourth-order valence-electron chi connectivity index (χ4n) is 2.25. The minimum absolute atomic E-state index is 0.0155. The Morgan fingerprint density at radius 1 is 1.12 bits per heavy atom. The zero-order valence-corrected chi connectivity index (χ0v) is 16.3. The lowest BCUT2D eigenvalue weighted by molar-refractivity contribution is 0.386. The smallest absolute Gasteiger partial charge is 0.266 e. The SMILES string of the molecule is COc1ccc(S(=O)(=O)Nc2ccc(NCCC(C)C)cn2)c(OC)c1. The van der Waals surface area contributed by atoms with Gasteiger partial charge in [-0.1, -0.05) is 13.8 Å². The second-order valence-electron chi connectivity index (χ2n) is 6.16. The Hall–Kier alpha value is -2.48. The molecule has 0 atom stereocenters. The predicted octanol–water partition coefficient (Wildman–Crippen LogP) is 3.36. The molecule has 26 heavy (non-hydrogen) atoms. The number of hydrogen-bond acceptors (Lipinski definition) is 6. The van der Waals surface area contributed by atoms with Crippen LogP contribution in [-0.4, -0.2) is 34.2 Å². The van der Waals surface area contributed by atoms with E-state index in [1.165, 1.54) is 26.4 Å². The van der Waals surface area contributed by atoms with Crippen LogP contribution in [0.25, 0.3) is 0 Å². The topological polar surface area (TPSA) is 89.6 Å². The van der Waals surface area contributed by atoms with Gasteiger partial charge in [-0.15, -0.1) is 0 Å². The molecule has 142 valence electrons. The zero-order valence-electron chi connectivity index (χ0n) is 15.4. The van der Waals surface area contributed by atoms with Crippen molar-refractivity contribution in [2.45, 2.75) is 25.2 Å². The Labute approximate surface area is 154 Å². The number of rotatable bonds is 9. The molecule has 0 bridgehead atoms. The maximum Gasteiger partial charge on any atom is 0.266 e. The van der Waals surface area contributed by atoms with Gasteiger partial charge in [0.2, 0.25) is 0 Å². The average Bonchev–Trinajstić information content (AvgIpc) is 2.62. The van der Waals surface area contributed by atoms with E-state index < -0.39 is 10.0 Å². The van der Waals surface area contributed by atoms with Crippen molar-refractivity contribution in [3.8, 4) is 11.5 Å². The van der Waals surface area contributed by atoms with E-state index in [9.17, 15) is 8.42 Å². The van der Waals surface area contributed by atoms with Crippen molar-refractivity contribution in [3.05, 3.63) is 36.5 Å². The maximum absolute atomic E-state index is 12.6. The molecule has 2 N–H and O–H groups in total. The lowest BCUT2D eigenvalue weighted by Crippen LogP contribution is -2.15. The van der Waals surface area contributed by atoms with Crippen LogP contribution in [0.4, 0.5) is 11.5 Å². The predicted molar refractivity (Wildman–Crippen MR) is 103 cm³/mol. The van der Waals surface area contributed by atoms with Crippen LogP contribution >= 0.6 is 0 Å². The van der Waals surface area contributed by atoms with Gasteiger partial charge in [0.05, 0.1) is 26.1 Å². The van der Waals surface area contributed by atoms with Crippen LogP contribution in [0.5, 0.6) is 11.5 Å². The molecule has 1 aromatic carbocycles. The molecule has 0 fully saturated rings. The van der Waals surface area contributed by atoms with Crippen LogP contribution in [0, 0.1) is 5.92 Å². The van der Waals surface area contributed by atoms with E-state index in [1.54, 1.807) is 24.4 Å². The van der Waals surface area contributed by atoms with Crippen LogP contribution in [0.3, 0.4) is 0 Å². The monoisotopic (exact) mass is 379 g/mol. The molecule has 2 rings (SSSR count). The summed E-state index contributed by atoms with van der Waals surface area (Å²) in [7, 11) is -0.927. The Bertz CT molecular complexity index is 821. The Morgan fingerprint density at radius 2 is 1.88 bits per heavy atom. The molecule has 0 radical (unpaired) electrons. The molecule has 8 heteroatoms. The third kappa shape index (κ3) is 5.26. The molecule has 1 heterocycles. The summed E-state index contributed by atoms with van der Waals surface area (Å²) in [5.41, 5.74) is 0.843. The van der Waals surface area contributed by atoms with E-state index in [4.69, 9.17) is 9.47 Å². The van der Waals surface area contributed by atoms with Crippen molar-refractivity contribution in [1.82, 2.24) is 4.98 Å². The molecule has 0 aliphatic heterocycles. The van der Waals surface area contributed by atoms with Gasteiger partial charge in [0, 0.05) is 12.6 Å². The summed E-state index contributed by atoms with van der Waals surface area (Å²) < 4.78 is 38.0. The quantitative estimate of drug-likeness (QED) is 0.694. The van der Waals surface area contributed by atoms with Gasteiger partial charge in [-0.25, -0.2) is 13.4 Å². The van der Waals surface area contributed by atoms with Crippen molar-refractivity contribution in [1.29, 1.82) is 0 Å². The number of hydrogen-bond donors (Lipinski definition) is 2. The molecule has 0 saturated heterocycles. The van der Waals surface area contributed by atoms with Crippen LogP contribution in [0.1, 0.15) is 20.3 Å². The lowest BCUT2D eigenvalue weighted by atomic mass is 10.1. The lowest BCUT2D eigenvalue weighted by Gasteiger charge is -2.13. The van der Waals surface area contributed by atoms with Gasteiger partial charge in [0.25, 0.3) is 10.0 Å². The molecule has 2 aromatic rings. The first-order valence-electron chi connectivity index (χ1n) is 8.30. The third-order valence-electron chi connectivity index (χ3n) is 3.71. The van der Waals surface area contributed by atoms with E-state index in [2.05, 4.69) is 28.9 Å². The largest absolute Gasteiger partial charge is 0.497 e. The second kappa shape index (κ2) is 8.75. The number of benzene rings is 1. The van der Waals surface area contributed by atoms with Crippen molar-refractivity contribution in [3.63, 3.8) is 0 Å². The van der Waals surface area contributed by atoms with E-state index >= 15 is 0 Å². The number of sulfonamides is 1. The Kier molecular flexibility index (Phi) is 6.68. The van der Waals surface area contributed by atoms with Gasteiger partial charge in [-0.05, 0) is 36.6 Å². The molecule has 0 aliphatic carbocycles. The van der Waals surface area contributed by atoms with Crippen molar-refractivity contribution >= 4 is 21.5 Å². The number of nitrogens with zero attached hydrogens (tertiary/aromatic N) is 1. The number of methoxy groups -OCH3 is 2. The summed E-state index contributed by atoms with van der Waals surface area (Å²) in [5, 5.41) is 3.26. The van der Waals surface area contributed by atoms with Crippen LogP contribution in [0.2, 0.25) is 0 Å². The minimum Gasteiger partial charge on any atom is -0.497 e. The summed E-state index contributed by atoms with van der Waals surface area (Å²) >= 11 is 0. The highest BCUT2D eigenvalue weighted by molar-refractivity contribution is 7.92. The van der Waals surface area contributed by atoms with E-state index in [0.29, 0.717) is 11.7 Å². The van der Waals surface area contributed by atoms with E-state index in [1.807, 2.05) is 0 Å². The second-order valence-corrected chi connectivity index (χ2v) is 7.81. The molecule has 0 saturated carbocycles. The highest BCUT2D eigenvalue weighted by Crippen LogP contribution is 2.29. The molecular formula is C18H25N3O4S. The standard InChI is InChI=1S/C18H25N3O4S/c1-13(2)9-10-19-14-5-8-18(20-12-14)21-26(22,23)17-7-6-15(24-3)11-16(17)25-4/h5-8,11-13,19H,9-10H2,1-4H3,(H,20,21). The van der Waals surface area contributed by atoms with Gasteiger partial charge in [0.1, 0.15) is 22.2 Å². The molecule has 0 amide bonds. The summed E-state index contributed by atoms with van der Waals surface area (Å²) in [4.78, 5) is 4.17. The first-order chi connectivity index (χ1) is 12.4. The van der Waals surface area contributed by atoms with Crippen molar-refractivity contribution in [2.24, 2.45) is 5.92 Å². The fraction of sp³-hybridized carbons (Fsp3) is 0.389. The Morgan fingerprint density at radius 3 is 2.46 bits per heavy atom. The van der Waals surface area contributed by atoms with Crippen molar-refractivity contribution < 1.29 is 17.9 Å². The van der Waals surface area contributed by atoms with Gasteiger partial charge >= 0.3 is 0 Å². The summed E-state index contributed by atoms with van der Waals surface area (Å²) in [6.07, 6.45) is 2.65. The molecule has 1 aromatic heterocycles. The number of aromatic nitrogens is 1. The van der Waals surface area contributed by atoms with Crippen LogP contribution in [-0.2, 0) is 10.0 Å². The van der Waals surface area contributed by atoms with E-state index in [-0.39, 0.29) is 16.5 Å². The highest BCUT2D eigenvalue weighted by Gasteiger charge is 2.20. The molecule has 0 spiro atoms. The molecule has 0 aliphatic rings. The van der Waals surface area contributed by atoms with Crippen LogP contribution in [0.15, 0.2) is 41.4 Å².